The molecule has 0 saturated heterocycles. The summed E-state index contributed by atoms with van der Waals surface area (Å²) >= 11 is 0. The van der Waals surface area contributed by atoms with E-state index in [1.54, 1.807) is 0 Å². The van der Waals surface area contributed by atoms with Crippen molar-refractivity contribution >= 4 is 17.7 Å². The minimum absolute atomic E-state index is 0.0893. The van der Waals surface area contributed by atoms with Crippen LogP contribution in [-0.4, -0.2) is 32.6 Å². The maximum atomic E-state index is 11.2. The van der Waals surface area contributed by atoms with Crippen molar-refractivity contribution in [3.05, 3.63) is 29.8 Å². The number of benzene rings is 1. The third kappa shape index (κ3) is 10.5. The topological polar surface area (TPSA) is 79.5 Å². The van der Waals surface area contributed by atoms with Crippen LogP contribution in [0.5, 0.6) is 0 Å². The summed E-state index contributed by atoms with van der Waals surface area (Å²) in [6.07, 6.45) is -0.615. The van der Waals surface area contributed by atoms with Gasteiger partial charge in [-0.25, -0.2) is 4.79 Å². The Balaban J connectivity index is 0. The number of alkyl carbamates (subject to hydrolysis) is 1. The Labute approximate surface area is 133 Å². The Morgan fingerprint density at radius 3 is 2.00 bits per heavy atom. The van der Waals surface area contributed by atoms with Crippen LogP contribution in [0.1, 0.15) is 33.3 Å². The summed E-state index contributed by atoms with van der Waals surface area (Å²) in [7, 11) is 3.33. The highest BCUT2D eigenvalue weighted by Crippen LogP contribution is 2.09. The van der Waals surface area contributed by atoms with Crippen LogP contribution in [0, 0.1) is 0 Å². The van der Waals surface area contributed by atoms with E-state index in [0.717, 1.165) is 11.3 Å². The standard InChI is InChI=1S/C12H17N3O3.2C2H6/c1-13-10-5-3-9(4-6-10)8-18-12(17)15-7-11(16)14-2;2*1-2/h3-6,13H,7-8H2,1-2H3,(H,14,16)(H,15,17);2*1-2H3. The van der Waals surface area contributed by atoms with E-state index in [0.29, 0.717) is 0 Å². The van der Waals surface area contributed by atoms with Crippen molar-refractivity contribution in [1.82, 2.24) is 10.6 Å². The molecule has 3 N–H and O–H groups in total. The lowest BCUT2D eigenvalue weighted by Crippen LogP contribution is -2.35. The molecule has 0 bridgehead atoms. The molecule has 1 rings (SSSR count). The lowest BCUT2D eigenvalue weighted by atomic mass is 10.2. The highest BCUT2D eigenvalue weighted by molar-refractivity contribution is 5.81. The van der Waals surface area contributed by atoms with Crippen molar-refractivity contribution in [3.63, 3.8) is 0 Å². The second-order valence-corrected chi connectivity index (χ2v) is 3.55. The Morgan fingerprint density at radius 1 is 1.00 bits per heavy atom. The largest absolute Gasteiger partial charge is 0.445 e. The zero-order valence-electron chi connectivity index (χ0n) is 14.4. The molecule has 0 fully saturated rings. The fourth-order valence-corrected chi connectivity index (χ4v) is 1.21. The van der Waals surface area contributed by atoms with E-state index in [-0.39, 0.29) is 19.1 Å². The molecule has 22 heavy (non-hydrogen) atoms. The van der Waals surface area contributed by atoms with Crippen molar-refractivity contribution in [1.29, 1.82) is 0 Å². The van der Waals surface area contributed by atoms with Gasteiger partial charge < -0.3 is 20.7 Å². The van der Waals surface area contributed by atoms with Crippen molar-refractivity contribution < 1.29 is 14.3 Å². The van der Waals surface area contributed by atoms with E-state index in [2.05, 4.69) is 16.0 Å². The summed E-state index contributed by atoms with van der Waals surface area (Å²) in [6.45, 7) is 8.08. The number of carbonyl (C=O) groups is 2. The summed E-state index contributed by atoms with van der Waals surface area (Å²) in [5.41, 5.74) is 1.87. The van der Waals surface area contributed by atoms with Gasteiger partial charge in [-0.05, 0) is 17.7 Å². The third-order valence-electron chi connectivity index (χ3n) is 2.28. The van der Waals surface area contributed by atoms with Crippen LogP contribution in [-0.2, 0) is 16.1 Å². The van der Waals surface area contributed by atoms with E-state index in [1.165, 1.54) is 7.05 Å². The first-order valence-electron chi connectivity index (χ1n) is 7.53. The lowest BCUT2D eigenvalue weighted by Gasteiger charge is -2.07. The molecule has 0 spiro atoms. The number of hydrogen-bond donors (Lipinski definition) is 3. The quantitative estimate of drug-likeness (QED) is 0.781. The zero-order chi connectivity index (χ0) is 17.4. The third-order valence-corrected chi connectivity index (χ3v) is 2.28. The number of carbonyl (C=O) groups excluding carboxylic acids is 2. The van der Waals surface area contributed by atoms with Crippen molar-refractivity contribution in [2.45, 2.75) is 34.3 Å². The number of ether oxygens (including phenoxy) is 1. The van der Waals surface area contributed by atoms with Crippen molar-refractivity contribution in [3.8, 4) is 0 Å². The summed E-state index contributed by atoms with van der Waals surface area (Å²) in [4.78, 5) is 22.1. The summed E-state index contributed by atoms with van der Waals surface area (Å²) in [6, 6.07) is 7.50. The monoisotopic (exact) mass is 311 g/mol. The van der Waals surface area contributed by atoms with Gasteiger partial charge in [0.25, 0.3) is 0 Å². The first-order valence-corrected chi connectivity index (χ1v) is 7.53. The highest BCUT2D eigenvalue weighted by atomic mass is 16.5. The molecular weight excluding hydrogens is 282 g/mol. The fourth-order valence-electron chi connectivity index (χ4n) is 1.21. The molecular formula is C16H29N3O3. The van der Waals surface area contributed by atoms with Gasteiger partial charge in [0.1, 0.15) is 6.61 Å². The van der Waals surface area contributed by atoms with E-state index in [1.807, 2.05) is 59.0 Å². The SMILES string of the molecule is CC.CC.CNC(=O)CNC(=O)OCc1ccc(NC)cc1. The smallest absolute Gasteiger partial charge is 0.407 e. The lowest BCUT2D eigenvalue weighted by molar-refractivity contribution is -0.119. The van der Waals surface area contributed by atoms with Crippen LogP contribution < -0.4 is 16.0 Å². The fraction of sp³-hybridized carbons (Fsp3) is 0.500. The molecule has 0 aliphatic heterocycles. The molecule has 0 aliphatic rings. The average molecular weight is 311 g/mol. The minimum Gasteiger partial charge on any atom is -0.445 e. The van der Waals surface area contributed by atoms with Gasteiger partial charge in [-0.15, -0.1) is 0 Å². The molecule has 0 aromatic heterocycles. The molecule has 0 unspecified atom stereocenters. The second kappa shape index (κ2) is 15.2. The van der Waals surface area contributed by atoms with Gasteiger partial charge in [-0.3, -0.25) is 4.79 Å². The van der Waals surface area contributed by atoms with Gasteiger partial charge in [0.2, 0.25) is 5.91 Å². The van der Waals surface area contributed by atoms with Crippen LogP contribution in [0.25, 0.3) is 0 Å². The molecule has 6 heteroatoms. The van der Waals surface area contributed by atoms with Gasteiger partial charge in [0.05, 0.1) is 6.54 Å². The Morgan fingerprint density at radius 2 is 1.55 bits per heavy atom. The normalized spacial score (nSPS) is 8.27. The predicted octanol–water partition coefficient (Wildman–Crippen LogP) is 2.75. The van der Waals surface area contributed by atoms with Gasteiger partial charge >= 0.3 is 6.09 Å². The van der Waals surface area contributed by atoms with E-state index >= 15 is 0 Å². The highest BCUT2D eigenvalue weighted by Gasteiger charge is 2.04. The number of likely N-dealkylation sites (N-methyl/N-ethyl adjacent to an activating group) is 1. The molecule has 1 aromatic carbocycles. The van der Waals surface area contributed by atoms with E-state index in [4.69, 9.17) is 4.74 Å². The summed E-state index contributed by atoms with van der Waals surface area (Å²) < 4.78 is 4.95. The maximum Gasteiger partial charge on any atom is 0.407 e. The van der Waals surface area contributed by atoms with Crippen LogP contribution >= 0.6 is 0 Å². The van der Waals surface area contributed by atoms with Crippen molar-refractivity contribution in [2.75, 3.05) is 26.0 Å². The van der Waals surface area contributed by atoms with Gasteiger partial charge in [-0.2, -0.15) is 0 Å². The minimum atomic E-state index is -0.615. The van der Waals surface area contributed by atoms with Gasteiger partial charge in [0, 0.05) is 19.8 Å². The van der Waals surface area contributed by atoms with E-state index < -0.39 is 6.09 Å². The molecule has 0 radical (unpaired) electrons. The number of rotatable bonds is 5. The number of nitrogens with one attached hydrogen (secondary N) is 3. The Kier molecular flexibility index (Phi) is 15.2. The number of amides is 2. The molecule has 2 amide bonds. The maximum absolute atomic E-state index is 11.2. The van der Waals surface area contributed by atoms with Crippen LogP contribution in [0.15, 0.2) is 24.3 Å². The van der Waals surface area contributed by atoms with Crippen molar-refractivity contribution in [2.24, 2.45) is 0 Å². The summed E-state index contributed by atoms with van der Waals surface area (Å²) in [5.74, 6) is -0.273. The van der Waals surface area contributed by atoms with Crippen LogP contribution in [0.4, 0.5) is 10.5 Å². The van der Waals surface area contributed by atoms with Gasteiger partial charge in [-0.1, -0.05) is 39.8 Å². The number of anilines is 1. The average Bonchev–Trinajstić information content (AvgIpc) is 2.61. The second-order valence-electron chi connectivity index (χ2n) is 3.55. The Bertz CT molecular complexity index is 406. The van der Waals surface area contributed by atoms with Crippen LogP contribution in [0.3, 0.4) is 0 Å². The number of hydrogen-bond acceptors (Lipinski definition) is 4. The molecule has 0 aliphatic carbocycles. The molecule has 0 saturated carbocycles. The molecule has 126 valence electrons. The summed E-state index contributed by atoms with van der Waals surface area (Å²) in [5, 5.41) is 7.72. The van der Waals surface area contributed by atoms with Crippen LogP contribution in [0.2, 0.25) is 0 Å². The molecule has 0 heterocycles. The zero-order valence-corrected chi connectivity index (χ0v) is 14.4. The first kappa shape index (κ1) is 22.0. The molecule has 6 nitrogen and oxygen atoms in total. The first-order chi connectivity index (χ1) is 10.7. The van der Waals surface area contributed by atoms with Gasteiger partial charge in [0.15, 0.2) is 0 Å². The Hall–Kier alpha value is -2.24. The van der Waals surface area contributed by atoms with E-state index in [9.17, 15) is 9.59 Å². The molecule has 1 aromatic rings. The predicted molar refractivity (Wildman–Crippen MR) is 90.9 cm³/mol. The molecule has 0 atom stereocenters.